The fraction of sp³-hybridized carbons (Fsp3) is 0.267. The number of rotatable bonds is 2. The second kappa shape index (κ2) is 4.59. The predicted octanol–water partition coefficient (Wildman–Crippen LogP) is 1.56. The molecule has 0 saturated carbocycles. The van der Waals surface area contributed by atoms with Gasteiger partial charge in [-0.2, -0.15) is 4.57 Å². The molecule has 1 N–H and O–H groups in total. The monoisotopic (exact) mass is 269 g/mol. The van der Waals surface area contributed by atoms with Crippen LogP contribution in [-0.2, 0) is 0 Å². The Labute approximate surface area is 117 Å². The molecule has 1 aliphatic rings. The minimum atomic E-state index is -0.192. The summed E-state index contributed by atoms with van der Waals surface area (Å²) in [6, 6.07) is 7.92. The van der Waals surface area contributed by atoms with Gasteiger partial charge in [-0.25, -0.2) is 9.78 Å². The van der Waals surface area contributed by atoms with Crippen LogP contribution in [-0.4, -0.2) is 31.0 Å². The third-order valence-electron chi connectivity index (χ3n) is 3.49. The Hall–Kier alpha value is -2.43. The quantitative estimate of drug-likeness (QED) is 0.841. The van der Waals surface area contributed by atoms with Crippen molar-refractivity contribution in [3.05, 3.63) is 36.7 Å². The maximum Gasteiger partial charge on any atom is 0.358 e. The minimum absolute atomic E-state index is 0.0496. The van der Waals surface area contributed by atoms with Crippen molar-refractivity contribution in [1.82, 2.24) is 4.98 Å². The first-order valence-corrected chi connectivity index (χ1v) is 6.56. The van der Waals surface area contributed by atoms with Gasteiger partial charge < -0.3 is 4.90 Å². The highest BCUT2D eigenvalue weighted by Gasteiger charge is 2.34. The minimum Gasteiger partial charge on any atom is -0.378 e. The third kappa shape index (κ3) is 2.01. The highest BCUT2D eigenvalue weighted by molar-refractivity contribution is 5.81. The molecule has 1 aromatic carbocycles. The van der Waals surface area contributed by atoms with Crippen LogP contribution in [0.3, 0.4) is 0 Å². The molecule has 5 heteroatoms. The van der Waals surface area contributed by atoms with Crippen molar-refractivity contribution in [3.8, 4) is 11.3 Å². The maximum atomic E-state index is 12.0. The summed E-state index contributed by atoms with van der Waals surface area (Å²) in [6.07, 6.45) is 3.50. The van der Waals surface area contributed by atoms with Crippen LogP contribution in [0.4, 0.5) is 11.5 Å². The van der Waals surface area contributed by atoms with Crippen molar-refractivity contribution in [3.63, 3.8) is 0 Å². The number of nitrogens with one attached hydrogen (secondary N) is 1. The van der Waals surface area contributed by atoms with Gasteiger partial charge in [-0.1, -0.05) is 12.1 Å². The smallest absolute Gasteiger partial charge is 0.358 e. The lowest BCUT2D eigenvalue weighted by atomic mass is 10.1. The molecule has 1 atom stereocenters. The molecule has 1 aliphatic heterocycles. The fourth-order valence-electron chi connectivity index (χ4n) is 2.28. The third-order valence-corrected chi connectivity index (χ3v) is 3.49. The van der Waals surface area contributed by atoms with Crippen LogP contribution in [0.15, 0.2) is 36.7 Å². The van der Waals surface area contributed by atoms with Crippen molar-refractivity contribution in [2.75, 3.05) is 24.3 Å². The van der Waals surface area contributed by atoms with E-state index in [1.807, 2.05) is 50.2 Å². The van der Waals surface area contributed by atoms with Gasteiger partial charge in [0, 0.05) is 25.3 Å². The van der Waals surface area contributed by atoms with E-state index >= 15 is 0 Å². The van der Waals surface area contributed by atoms with Crippen LogP contribution in [0.25, 0.3) is 11.3 Å². The lowest BCUT2D eigenvalue weighted by Gasteiger charge is -2.12. The molecule has 0 radical (unpaired) electrons. The van der Waals surface area contributed by atoms with Gasteiger partial charge >= 0.3 is 11.7 Å². The lowest BCUT2D eigenvalue weighted by molar-refractivity contribution is -0.552. The average Bonchev–Trinajstić information content (AvgIpc) is 2.74. The Morgan fingerprint density at radius 3 is 2.60 bits per heavy atom. The number of carbonyl (C=O) groups is 1. The normalized spacial score (nSPS) is 16.8. The highest BCUT2D eigenvalue weighted by Crippen LogP contribution is 2.21. The van der Waals surface area contributed by atoms with Gasteiger partial charge in [-0.3, -0.25) is 5.32 Å². The maximum absolute atomic E-state index is 12.0. The van der Waals surface area contributed by atoms with E-state index in [1.54, 1.807) is 17.0 Å². The van der Waals surface area contributed by atoms with Crippen LogP contribution in [0, 0.1) is 0 Å². The van der Waals surface area contributed by atoms with E-state index in [9.17, 15) is 4.79 Å². The summed E-state index contributed by atoms with van der Waals surface area (Å²) in [4.78, 5) is 18.4. The number of hydrogen-bond donors (Lipinski definition) is 1. The van der Waals surface area contributed by atoms with Crippen molar-refractivity contribution >= 4 is 17.4 Å². The van der Waals surface area contributed by atoms with Crippen LogP contribution in [0.1, 0.15) is 11.7 Å². The van der Waals surface area contributed by atoms with Crippen molar-refractivity contribution in [2.45, 2.75) is 13.0 Å². The molecule has 0 fully saturated rings. The standard InChI is InChI=1S/C15H16N4O/c1-10-15(20)19-9-13(16-8-14(19)17-10)11-4-6-12(7-5-11)18(2)3/h4-10H,1-3H3/p+1. The van der Waals surface area contributed by atoms with Crippen LogP contribution in [0.5, 0.6) is 0 Å². The van der Waals surface area contributed by atoms with Crippen molar-refractivity contribution in [2.24, 2.45) is 0 Å². The first-order chi connectivity index (χ1) is 9.56. The molecule has 0 amide bonds. The van der Waals surface area contributed by atoms with Gasteiger partial charge in [0.15, 0.2) is 6.04 Å². The molecule has 1 aromatic heterocycles. The van der Waals surface area contributed by atoms with Crippen LogP contribution >= 0.6 is 0 Å². The first kappa shape index (κ1) is 12.6. The Morgan fingerprint density at radius 2 is 1.95 bits per heavy atom. The number of anilines is 2. The van der Waals surface area contributed by atoms with Crippen LogP contribution in [0.2, 0.25) is 0 Å². The summed E-state index contributed by atoms with van der Waals surface area (Å²) in [5.74, 6) is 0.796. The molecule has 0 spiro atoms. The SMILES string of the molecule is CC1Nc2cnc(-c3ccc(N(C)C)cc3)c[n+]2C1=O. The number of carbonyl (C=O) groups excluding carboxylic acids is 1. The van der Waals surface area contributed by atoms with Gasteiger partial charge in [-0.15, -0.1) is 0 Å². The largest absolute Gasteiger partial charge is 0.378 e. The van der Waals surface area contributed by atoms with Gasteiger partial charge in [0.25, 0.3) is 0 Å². The Morgan fingerprint density at radius 1 is 1.25 bits per heavy atom. The Bertz CT molecular complexity index is 664. The average molecular weight is 269 g/mol. The predicted molar refractivity (Wildman–Crippen MR) is 77.9 cm³/mol. The summed E-state index contributed by atoms with van der Waals surface area (Å²) < 4.78 is 1.63. The Balaban J connectivity index is 1.98. The topological polar surface area (TPSA) is 49.1 Å². The molecule has 0 aliphatic carbocycles. The molecule has 2 aromatic rings. The summed E-state index contributed by atoms with van der Waals surface area (Å²) >= 11 is 0. The van der Waals surface area contributed by atoms with Gasteiger partial charge in [0.05, 0.1) is 0 Å². The second-order valence-corrected chi connectivity index (χ2v) is 5.17. The molecule has 2 heterocycles. The first-order valence-electron chi connectivity index (χ1n) is 6.56. The molecule has 3 rings (SSSR count). The van der Waals surface area contributed by atoms with E-state index in [4.69, 9.17) is 0 Å². The summed E-state index contributed by atoms with van der Waals surface area (Å²) in [6.45, 7) is 1.85. The molecule has 5 nitrogen and oxygen atoms in total. The summed E-state index contributed by atoms with van der Waals surface area (Å²) in [5, 5.41) is 3.09. The molecule has 20 heavy (non-hydrogen) atoms. The molecular weight excluding hydrogens is 252 g/mol. The molecule has 1 unspecified atom stereocenters. The zero-order valence-electron chi connectivity index (χ0n) is 11.8. The second-order valence-electron chi connectivity index (χ2n) is 5.17. The van der Waals surface area contributed by atoms with E-state index in [1.165, 1.54) is 0 Å². The van der Waals surface area contributed by atoms with Gasteiger partial charge in [0.2, 0.25) is 0 Å². The van der Waals surface area contributed by atoms with E-state index in [0.29, 0.717) is 0 Å². The van der Waals surface area contributed by atoms with E-state index in [0.717, 1.165) is 22.8 Å². The fourth-order valence-corrected chi connectivity index (χ4v) is 2.28. The zero-order chi connectivity index (χ0) is 14.3. The Kier molecular flexibility index (Phi) is 2.89. The molecular formula is C15H17N4O+. The van der Waals surface area contributed by atoms with Crippen LogP contribution < -0.4 is 14.8 Å². The number of aromatic nitrogens is 2. The van der Waals surface area contributed by atoms with Crippen molar-refractivity contribution < 1.29 is 9.36 Å². The van der Waals surface area contributed by atoms with Crippen molar-refractivity contribution in [1.29, 1.82) is 0 Å². The zero-order valence-corrected chi connectivity index (χ0v) is 11.8. The van der Waals surface area contributed by atoms with Gasteiger partial charge in [0.1, 0.15) is 18.1 Å². The van der Waals surface area contributed by atoms with E-state index < -0.39 is 0 Å². The lowest BCUT2D eigenvalue weighted by Crippen LogP contribution is -2.42. The highest BCUT2D eigenvalue weighted by atomic mass is 16.2. The molecule has 102 valence electrons. The number of hydrogen-bond acceptors (Lipinski definition) is 4. The summed E-state index contributed by atoms with van der Waals surface area (Å²) in [7, 11) is 4.01. The van der Waals surface area contributed by atoms with E-state index in [2.05, 4.69) is 10.3 Å². The number of nitrogens with zero attached hydrogens (tertiary/aromatic N) is 3. The van der Waals surface area contributed by atoms with E-state index in [-0.39, 0.29) is 11.9 Å². The number of fused-ring (bicyclic) bond motifs is 1. The molecule has 0 bridgehead atoms. The molecule has 0 saturated heterocycles. The van der Waals surface area contributed by atoms with Gasteiger partial charge in [-0.05, 0) is 19.1 Å². The summed E-state index contributed by atoms with van der Waals surface area (Å²) in [5.41, 5.74) is 2.93. The number of benzene rings is 1.